The second-order valence-corrected chi connectivity index (χ2v) is 9.85. The van der Waals surface area contributed by atoms with Gasteiger partial charge in [0.25, 0.3) is 5.91 Å². The molecule has 2 aromatic heterocycles. The van der Waals surface area contributed by atoms with Gasteiger partial charge in [0, 0.05) is 30.2 Å². The number of quaternary nitrogens is 1. The van der Waals surface area contributed by atoms with Crippen LogP contribution < -0.4 is 5.32 Å². The Hall–Kier alpha value is -2.78. The number of nitrogens with zero attached hydrogens (tertiary/aromatic N) is 3. The monoisotopic (exact) mass is 455 g/mol. The summed E-state index contributed by atoms with van der Waals surface area (Å²) in [5.41, 5.74) is -0.656. The minimum atomic E-state index is -1.69. The van der Waals surface area contributed by atoms with Crippen molar-refractivity contribution in [3.8, 4) is 0 Å². The summed E-state index contributed by atoms with van der Waals surface area (Å²) in [7, 11) is 0. The molecule has 4 aliphatic rings. The molecule has 3 aliphatic heterocycles. The van der Waals surface area contributed by atoms with Crippen LogP contribution in [0.4, 0.5) is 5.69 Å². The first-order valence-electron chi connectivity index (χ1n) is 11.8. The van der Waals surface area contributed by atoms with Gasteiger partial charge in [-0.25, -0.2) is 14.8 Å². The van der Waals surface area contributed by atoms with Gasteiger partial charge in [-0.3, -0.25) is 4.79 Å². The lowest BCUT2D eigenvalue weighted by Gasteiger charge is -2.51. The average Bonchev–Trinajstić information content (AvgIpc) is 3.54. The van der Waals surface area contributed by atoms with Gasteiger partial charge in [-0.1, -0.05) is 12.8 Å². The Morgan fingerprint density at radius 2 is 1.91 bits per heavy atom. The van der Waals surface area contributed by atoms with Gasteiger partial charge in [-0.05, 0) is 18.9 Å². The van der Waals surface area contributed by atoms with Crippen LogP contribution in [-0.4, -0.2) is 63.7 Å². The fraction of sp³-hybridized carbons (Fsp3) is 0.583. The number of carbonyl (C=O) groups is 2. The summed E-state index contributed by atoms with van der Waals surface area (Å²) in [6, 6.07) is 1.65. The molecule has 9 heteroatoms. The number of aromatic nitrogens is 2. The Kier molecular flexibility index (Phi) is 5.92. The van der Waals surface area contributed by atoms with E-state index in [0.29, 0.717) is 28.8 Å². The van der Waals surface area contributed by atoms with Crippen molar-refractivity contribution in [1.82, 2.24) is 9.97 Å². The summed E-state index contributed by atoms with van der Waals surface area (Å²) in [4.78, 5) is 34.1. The topological polar surface area (TPSA) is 115 Å². The average molecular weight is 456 g/mol. The van der Waals surface area contributed by atoms with E-state index < -0.39 is 11.6 Å². The Labute approximate surface area is 192 Å². The van der Waals surface area contributed by atoms with E-state index in [1.54, 1.807) is 18.5 Å². The Balaban J connectivity index is 1.28. The number of furan rings is 1. The number of amides is 1. The van der Waals surface area contributed by atoms with Gasteiger partial charge in [-0.2, -0.15) is 0 Å². The molecule has 1 saturated carbocycles. The number of fused-ring (bicyclic) bond motifs is 3. The molecule has 1 amide bonds. The lowest BCUT2D eigenvalue weighted by atomic mass is 9.80. The van der Waals surface area contributed by atoms with E-state index in [2.05, 4.69) is 15.3 Å². The van der Waals surface area contributed by atoms with E-state index in [9.17, 15) is 14.7 Å². The van der Waals surface area contributed by atoms with Crippen molar-refractivity contribution in [1.29, 1.82) is 0 Å². The minimum absolute atomic E-state index is 0.101. The summed E-state index contributed by atoms with van der Waals surface area (Å²) in [6.07, 6.45) is 12.5. The zero-order chi connectivity index (χ0) is 22.9. The first-order chi connectivity index (χ1) is 16.0. The zero-order valence-corrected chi connectivity index (χ0v) is 18.7. The third kappa shape index (κ3) is 4.27. The molecule has 1 unspecified atom stereocenters. The van der Waals surface area contributed by atoms with Crippen LogP contribution in [0.5, 0.6) is 0 Å². The molecule has 3 saturated heterocycles. The van der Waals surface area contributed by atoms with Crippen LogP contribution in [0.25, 0.3) is 0 Å². The lowest BCUT2D eigenvalue weighted by Crippen LogP contribution is -2.66. The first kappa shape index (κ1) is 22.0. The molecule has 9 nitrogen and oxygen atoms in total. The summed E-state index contributed by atoms with van der Waals surface area (Å²) in [5, 5.41) is 14.5. The van der Waals surface area contributed by atoms with Crippen LogP contribution in [0.1, 0.15) is 44.1 Å². The number of esters is 1. The van der Waals surface area contributed by atoms with Crippen molar-refractivity contribution in [2.75, 3.05) is 31.5 Å². The molecule has 33 heavy (non-hydrogen) atoms. The smallest absolute Gasteiger partial charge is 0.343 e. The quantitative estimate of drug-likeness (QED) is 0.486. The fourth-order valence-corrected chi connectivity index (χ4v) is 6.02. The number of hydrogen-bond donors (Lipinski definition) is 2. The highest BCUT2D eigenvalue weighted by Gasteiger charge is 2.53. The van der Waals surface area contributed by atoms with Crippen LogP contribution in [0.3, 0.4) is 0 Å². The summed E-state index contributed by atoms with van der Waals surface area (Å²) in [6.45, 7) is 2.66. The zero-order valence-electron chi connectivity index (χ0n) is 18.7. The third-order valence-electron chi connectivity index (χ3n) is 7.84. The Morgan fingerprint density at radius 1 is 1.18 bits per heavy atom. The molecule has 0 aromatic carbocycles. The molecule has 176 valence electrons. The van der Waals surface area contributed by atoms with Crippen LogP contribution >= 0.6 is 0 Å². The van der Waals surface area contributed by atoms with Gasteiger partial charge in [0.2, 0.25) is 0 Å². The first-order valence-corrected chi connectivity index (χ1v) is 11.8. The SMILES string of the molecule is O=C(C[N+]12CCC(CC1)[C@@H](OC(=O)C(O)(c1ccoc1)C1CCCC1)C2)Nc1cncnc1. The molecule has 5 heterocycles. The van der Waals surface area contributed by atoms with Crippen LogP contribution in [0.2, 0.25) is 0 Å². The van der Waals surface area contributed by atoms with Crippen molar-refractivity contribution < 1.29 is 28.3 Å². The number of anilines is 1. The van der Waals surface area contributed by atoms with Crippen molar-refractivity contribution in [3.63, 3.8) is 0 Å². The molecule has 2 N–H and O–H groups in total. The Morgan fingerprint density at radius 3 is 2.58 bits per heavy atom. The maximum atomic E-state index is 13.4. The van der Waals surface area contributed by atoms with Gasteiger partial charge in [0.1, 0.15) is 12.9 Å². The van der Waals surface area contributed by atoms with E-state index in [-0.39, 0.29) is 23.8 Å². The summed E-state index contributed by atoms with van der Waals surface area (Å²) in [5.74, 6) is -0.600. The van der Waals surface area contributed by atoms with Crippen molar-refractivity contribution >= 4 is 17.6 Å². The van der Waals surface area contributed by atoms with E-state index in [1.165, 1.54) is 18.9 Å². The number of aliphatic hydroxyl groups is 1. The number of piperidine rings is 3. The van der Waals surface area contributed by atoms with E-state index in [1.807, 2.05) is 0 Å². The van der Waals surface area contributed by atoms with Crippen LogP contribution in [0.15, 0.2) is 41.7 Å². The molecule has 2 aromatic rings. The lowest BCUT2D eigenvalue weighted by molar-refractivity contribution is -0.939. The predicted octanol–water partition coefficient (Wildman–Crippen LogP) is 2.24. The number of ether oxygens (including phenoxy) is 1. The highest BCUT2D eigenvalue weighted by Crippen LogP contribution is 2.43. The predicted molar refractivity (Wildman–Crippen MR) is 118 cm³/mol. The van der Waals surface area contributed by atoms with Gasteiger partial charge in [0.05, 0.1) is 43.7 Å². The van der Waals surface area contributed by atoms with Crippen LogP contribution in [0, 0.1) is 11.8 Å². The maximum Gasteiger partial charge on any atom is 0.343 e. The van der Waals surface area contributed by atoms with Gasteiger partial charge < -0.3 is 24.1 Å². The van der Waals surface area contributed by atoms with E-state index in [4.69, 9.17) is 9.15 Å². The second kappa shape index (κ2) is 8.87. The van der Waals surface area contributed by atoms with E-state index >= 15 is 0 Å². The molecule has 0 radical (unpaired) electrons. The van der Waals surface area contributed by atoms with Gasteiger partial charge in [-0.15, -0.1) is 0 Å². The molecular formula is C24H31N4O5+. The maximum absolute atomic E-state index is 13.4. The standard InChI is InChI=1S/C24H30N4O5/c29-22(27-20-11-25-16-26-12-20)14-28-8-5-17(6-9-28)21(13-28)33-23(30)24(31,18-3-1-2-4-18)19-7-10-32-15-19/h7,10-12,15-18,21,31H,1-6,8-9,13-14H2/p+1/t17?,21-,24?,28?/m0/s1. The fourth-order valence-electron chi connectivity index (χ4n) is 6.02. The molecule has 2 atom stereocenters. The number of hydrogen-bond acceptors (Lipinski definition) is 7. The van der Waals surface area contributed by atoms with Crippen molar-refractivity contribution in [2.24, 2.45) is 11.8 Å². The molecule has 4 fully saturated rings. The molecular weight excluding hydrogens is 424 g/mol. The molecule has 2 bridgehead atoms. The Bertz CT molecular complexity index is 968. The summed E-state index contributed by atoms with van der Waals surface area (Å²) < 4.78 is 11.8. The second-order valence-electron chi connectivity index (χ2n) is 9.85. The van der Waals surface area contributed by atoms with Gasteiger partial charge in [0.15, 0.2) is 18.2 Å². The normalized spacial score (nSPS) is 28.9. The molecule has 6 rings (SSSR count). The van der Waals surface area contributed by atoms with Crippen molar-refractivity contribution in [3.05, 3.63) is 42.9 Å². The highest BCUT2D eigenvalue weighted by atomic mass is 16.6. The third-order valence-corrected chi connectivity index (χ3v) is 7.84. The minimum Gasteiger partial charge on any atom is -0.472 e. The number of carbonyl (C=O) groups excluding carboxylic acids is 2. The number of rotatable bonds is 7. The molecule has 0 spiro atoms. The number of nitrogens with one attached hydrogen (secondary N) is 1. The molecule has 1 aliphatic carbocycles. The van der Waals surface area contributed by atoms with Gasteiger partial charge >= 0.3 is 5.97 Å². The highest BCUT2D eigenvalue weighted by molar-refractivity contribution is 5.91. The summed E-state index contributed by atoms with van der Waals surface area (Å²) >= 11 is 0. The largest absolute Gasteiger partial charge is 0.472 e. The van der Waals surface area contributed by atoms with Crippen molar-refractivity contribution in [2.45, 2.75) is 50.2 Å². The van der Waals surface area contributed by atoms with E-state index in [0.717, 1.165) is 51.6 Å². The van der Waals surface area contributed by atoms with Crippen LogP contribution in [-0.2, 0) is 19.9 Å².